The highest BCUT2D eigenvalue weighted by Gasteiger charge is 2.29. The molecular weight excluding hydrogens is 454 g/mol. The normalized spacial score (nSPS) is 18.3. The quantitative estimate of drug-likeness (QED) is 0.521. The van der Waals surface area contributed by atoms with Crippen LogP contribution in [0.15, 0.2) is 54.9 Å². The first kappa shape index (κ1) is 24.3. The molecule has 0 atom stereocenters. The van der Waals surface area contributed by atoms with E-state index >= 15 is 0 Å². The molecule has 1 saturated heterocycles. The van der Waals surface area contributed by atoms with Crippen molar-refractivity contribution < 1.29 is 14.3 Å². The van der Waals surface area contributed by atoms with Crippen LogP contribution in [0.4, 0.5) is 0 Å². The third-order valence-electron chi connectivity index (χ3n) is 7.18. The second-order valence-electron chi connectivity index (χ2n) is 9.61. The molecule has 0 saturated carbocycles. The highest BCUT2D eigenvalue weighted by atomic mass is 16.5. The van der Waals surface area contributed by atoms with E-state index in [2.05, 4.69) is 21.0 Å². The van der Waals surface area contributed by atoms with Gasteiger partial charge in [0.1, 0.15) is 5.69 Å². The number of hydrogen-bond acceptors (Lipinski definition) is 6. The van der Waals surface area contributed by atoms with E-state index in [0.29, 0.717) is 30.0 Å². The van der Waals surface area contributed by atoms with Gasteiger partial charge in [-0.25, -0.2) is 4.98 Å². The van der Waals surface area contributed by atoms with Gasteiger partial charge in [0.05, 0.1) is 6.61 Å². The zero-order valence-electron chi connectivity index (χ0n) is 21.0. The number of benzene rings is 1. The highest BCUT2D eigenvalue weighted by molar-refractivity contribution is 5.92. The largest absolute Gasteiger partial charge is 0.490 e. The number of hydrogen-bond donors (Lipinski definition) is 0. The van der Waals surface area contributed by atoms with Gasteiger partial charge in [0, 0.05) is 50.7 Å². The fourth-order valence-electron chi connectivity index (χ4n) is 5.14. The number of nitrogens with zero attached hydrogens (tertiary/aromatic N) is 5. The first-order chi connectivity index (χ1) is 17.7. The van der Waals surface area contributed by atoms with Crippen LogP contribution in [0.2, 0.25) is 0 Å². The third kappa shape index (κ3) is 5.70. The molecule has 2 aromatic heterocycles. The number of para-hydroxylation sites is 2. The van der Waals surface area contributed by atoms with Gasteiger partial charge >= 0.3 is 0 Å². The van der Waals surface area contributed by atoms with Gasteiger partial charge in [-0.15, -0.1) is 0 Å². The molecule has 2 aliphatic heterocycles. The molecule has 0 N–H and O–H groups in total. The minimum absolute atomic E-state index is 0.0679. The maximum Gasteiger partial charge on any atom is 0.272 e. The molecule has 4 heterocycles. The standard InChI is InChI=1S/C28H35N5O3/c1-31-24(12-16-30-31)28(34)32-18-13-23(14-19-32)33-17-6-2-3-7-20-35-25-10-4-5-11-26(25)36-27-22(21-33)9-8-15-29-27/h4-5,8-12,15-16,23H,2-3,6-7,13-14,17-21H2,1H3. The molecule has 0 aliphatic carbocycles. The van der Waals surface area contributed by atoms with E-state index in [-0.39, 0.29) is 5.91 Å². The number of likely N-dealkylation sites (tertiary alicyclic amines) is 1. The van der Waals surface area contributed by atoms with Gasteiger partial charge in [0.15, 0.2) is 11.5 Å². The van der Waals surface area contributed by atoms with Crippen LogP contribution in [0.3, 0.4) is 0 Å². The lowest BCUT2D eigenvalue weighted by Crippen LogP contribution is -2.47. The van der Waals surface area contributed by atoms with Crippen molar-refractivity contribution in [3.8, 4) is 17.4 Å². The lowest BCUT2D eigenvalue weighted by molar-refractivity contribution is 0.0593. The summed E-state index contributed by atoms with van der Waals surface area (Å²) in [6.45, 7) is 3.99. The van der Waals surface area contributed by atoms with E-state index in [1.165, 1.54) is 6.42 Å². The maximum absolute atomic E-state index is 13.0. The Balaban J connectivity index is 1.32. The molecule has 0 unspecified atom stereocenters. The molecule has 1 amide bonds. The van der Waals surface area contributed by atoms with Gasteiger partial charge in [-0.3, -0.25) is 14.4 Å². The van der Waals surface area contributed by atoms with Crippen molar-refractivity contribution in [1.29, 1.82) is 0 Å². The first-order valence-corrected chi connectivity index (χ1v) is 13.0. The average Bonchev–Trinajstić information content (AvgIpc) is 3.34. The Morgan fingerprint density at radius 1 is 0.917 bits per heavy atom. The number of aryl methyl sites for hydroxylation is 1. The van der Waals surface area contributed by atoms with Gasteiger partial charge < -0.3 is 14.4 Å². The number of aromatic nitrogens is 3. The SMILES string of the molecule is Cn1nccc1C(=O)N1CCC(N2CCCCCCOc3ccccc3Oc3ncccc3C2)CC1. The molecule has 8 nitrogen and oxygen atoms in total. The monoisotopic (exact) mass is 489 g/mol. The van der Waals surface area contributed by atoms with Gasteiger partial charge in [-0.1, -0.05) is 31.0 Å². The van der Waals surface area contributed by atoms with Crippen LogP contribution >= 0.6 is 0 Å². The number of fused-ring (bicyclic) bond motifs is 2. The zero-order valence-corrected chi connectivity index (χ0v) is 21.0. The summed E-state index contributed by atoms with van der Waals surface area (Å²) in [4.78, 5) is 22.1. The molecule has 8 heteroatoms. The number of carbonyl (C=O) groups excluding carboxylic acids is 1. The fourth-order valence-corrected chi connectivity index (χ4v) is 5.14. The Kier molecular flexibility index (Phi) is 7.81. The van der Waals surface area contributed by atoms with E-state index in [0.717, 1.165) is 69.6 Å². The first-order valence-electron chi connectivity index (χ1n) is 13.0. The van der Waals surface area contributed by atoms with Crippen molar-refractivity contribution in [3.63, 3.8) is 0 Å². The minimum atomic E-state index is 0.0679. The summed E-state index contributed by atoms with van der Waals surface area (Å²) in [5.41, 5.74) is 1.71. The zero-order chi connectivity index (χ0) is 24.7. The Morgan fingerprint density at radius 3 is 2.53 bits per heavy atom. The van der Waals surface area contributed by atoms with Crippen LogP contribution in [0.5, 0.6) is 17.4 Å². The molecule has 1 aromatic carbocycles. The number of amides is 1. The summed E-state index contributed by atoms with van der Waals surface area (Å²) in [7, 11) is 1.82. The Bertz CT molecular complexity index is 1160. The summed E-state index contributed by atoms with van der Waals surface area (Å²) >= 11 is 0. The molecule has 0 radical (unpaired) electrons. The van der Waals surface area contributed by atoms with Crippen molar-refractivity contribution in [2.45, 2.75) is 51.1 Å². The number of piperidine rings is 1. The third-order valence-corrected chi connectivity index (χ3v) is 7.18. The summed E-state index contributed by atoms with van der Waals surface area (Å²) in [6, 6.07) is 14.1. The topological polar surface area (TPSA) is 72.7 Å². The number of ether oxygens (including phenoxy) is 2. The number of pyridine rings is 1. The predicted octanol–water partition coefficient (Wildman–Crippen LogP) is 4.67. The van der Waals surface area contributed by atoms with E-state index < -0.39 is 0 Å². The molecule has 1 fully saturated rings. The van der Waals surface area contributed by atoms with Crippen molar-refractivity contribution in [2.75, 3.05) is 26.2 Å². The second kappa shape index (κ2) is 11.6. The molecule has 2 aliphatic rings. The predicted molar refractivity (Wildman–Crippen MR) is 137 cm³/mol. The summed E-state index contributed by atoms with van der Waals surface area (Å²) in [5.74, 6) is 2.15. The van der Waals surface area contributed by atoms with Crippen molar-refractivity contribution in [1.82, 2.24) is 24.6 Å². The van der Waals surface area contributed by atoms with E-state index in [9.17, 15) is 4.79 Å². The lowest BCUT2D eigenvalue weighted by atomic mass is 10.0. The molecule has 0 spiro atoms. The van der Waals surface area contributed by atoms with E-state index in [4.69, 9.17) is 9.47 Å². The highest BCUT2D eigenvalue weighted by Crippen LogP contribution is 2.33. The smallest absolute Gasteiger partial charge is 0.272 e. The van der Waals surface area contributed by atoms with Crippen molar-refractivity contribution in [3.05, 3.63) is 66.1 Å². The molecule has 36 heavy (non-hydrogen) atoms. The van der Waals surface area contributed by atoms with Crippen LogP contribution in [-0.4, -0.2) is 62.8 Å². The summed E-state index contributed by atoms with van der Waals surface area (Å²) in [6.07, 6.45) is 9.85. The summed E-state index contributed by atoms with van der Waals surface area (Å²) in [5, 5.41) is 4.15. The van der Waals surface area contributed by atoms with Gasteiger partial charge in [0.2, 0.25) is 5.88 Å². The molecular formula is C28H35N5O3. The van der Waals surface area contributed by atoms with Crippen LogP contribution in [0, 0.1) is 0 Å². The lowest BCUT2D eigenvalue weighted by Gasteiger charge is -2.39. The average molecular weight is 490 g/mol. The number of carbonyl (C=O) groups is 1. The minimum Gasteiger partial charge on any atom is -0.490 e. The van der Waals surface area contributed by atoms with E-state index in [1.807, 2.05) is 42.3 Å². The van der Waals surface area contributed by atoms with Gasteiger partial charge in [-0.2, -0.15) is 5.10 Å². The molecule has 190 valence electrons. The van der Waals surface area contributed by atoms with Gasteiger partial charge in [0.25, 0.3) is 5.91 Å². The Morgan fingerprint density at radius 2 is 1.72 bits per heavy atom. The number of rotatable bonds is 2. The maximum atomic E-state index is 13.0. The Labute approximate surface area is 212 Å². The fraction of sp³-hybridized carbons (Fsp3) is 0.464. The van der Waals surface area contributed by atoms with Gasteiger partial charge in [-0.05, 0) is 56.5 Å². The van der Waals surface area contributed by atoms with Crippen LogP contribution in [-0.2, 0) is 13.6 Å². The van der Waals surface area contributed by atoms with Crippen molar-refractivity contribution in [2.24, 2.45) is 7.05 Å². The van der Waals surface area contributed by atoms with Crippen LogP contribution < -0.4 is 9.47 Å². The molecule has 5 rings (SSSR count). The van der Waals surface area contributed by atoms with Crippen molar-refractivity contribution >= 4 is 5.91 Å². The molecule has 0 bridgehead atoms. The van der Waals surface area contributed by atoms with Crippen LogP contribution in [0.25, 0.3) is 0 Å². The van der Waals surface area contributed by atoms with E-state index in [1.54, 1.807) is 23.1 Å². The van der Waals surface area contributed by atoms with Crippen LogP contribution in [0.1, 0.15) is 54.6 Å². The second-order valence-corrected chi connectivity index (χ2v) is 9.61. The summed E-state index contributed by atoms with van der Waals surface area (Å²) < 4.78 is 14.0. The Hall–Kier alpha value is -3.39. The molecule has 3 aromatic rings.